The molecule has 0 amide bonds. The lowest BCUT2D eigenvalue weighted by Crippen LogP contribution is -2.52. The van der Waals surface area contributed by atoms with Crippen LogP contribution in [-0.4, -0.2) is 12.0 Å². The Morgan fingerprint density at radius 3 is 2.61 bits per heavy atom. The number of hydrogen-bond donors (Lipinski definition) is 1. The molecule has 0 unspecified atom stereocenters. The third kappa shape index (κ3) is 1.92. The van der Waals surface area contributed by atoms with E-state index in [1.165, 1.54) is 49.2 Å². The van der Waals surface area contributed by atoms with Crippen LogP contribution >= 0.6 is 11.3 Å². The minimum absolute atomic E-state index is 0.205. The van der Waals surface area contributed by atoms with E-state index in [0.717, 1.165) is 11.8 Å². The number of nitrogens with zero attached hydrogens (tertiary/aromatic N) is 1. The Balaban J connectivity index is 1.83. The second-order valence-corrected chi connectivity index (χ2v) is 7.42. The van der Waals surface area contributed by atoms with Crippen molar-refractivity contribution in [3.05, 3.63) is 15.6 Å². The smallest absolute Gasteiger partial charge is 0.113 e. The predicted molar refractivity (Wildman–Crippen MR) is 77.1 cm³/mol. The van der Waals surface area contributed by atoms with Crippen molar-refractivity contribution in [2.45, 2.75) is 57.9 Å². The summed E-state index contributed by atoms with van der Waals surface area (Å²) in [6.07, 6.45) is 7.70. The quantitative estimate of drug-likeness (QED) is 0.904. The number of aromatic nitrogens is 1. The highest BCUT2D eigenvalue weighted by Crippen LogP contribution is 2.50. The molecule has 3 rings (SSSR count). The molecule has 1 N–H and O–H groups in total. The maximum Gasteiger partial charge on any atom is 0.113 e. The first-order valence-corrected chi connectivity index (χ1v) is 8.14. The van der Waals surface area contributed by atoms with Gasteiger partial charge in [-0.15, -0.1) is 11.3 Å². The Bertz CT molecular complexity index is 406. The summed E-state index contributed by atoms with van der Waals surface area (Å²) in [5, 5.41) is 4.94. The molecule has 1 fully saturated rings. The fraction of sp³-hybridized carbons (Fsp3) is 0.800. The largest absolute Gasteiger partial charge is 0.308 e. The number of fused-ring (bicyclic) bond motifs is 1. The van der Waals surface area contributed by atoms with E-state index in [2.05, 4.69) is 26.2 Å². The predicted octanol–water partition coefficient (Wildman–Crippen LogP) is 3.50. The minimum atomic E-state index is 0.205. The number of rotatable bonds is 3. The molecular formula is C15H24N2S. The summed E-state index contributed by atoms with van der Waals surface area (Å²) in [6.45, 7) is 4.69. The van der Waals surface area contributed by atoms with E-state index >= 15 is 0 Å². The van der Waals surface area contributed by atoms with Gasteiger partial charge in [0, 0.05) is 4.88 Å². The van der Waals surface area contributed by atoms with Gasteiger partial charge in [0.2, 0.25) is 0 Å². The third-order valence-electron chi connectivity index (χ3n) is 4.90. The maximum absolute atomic E-state index is 4.97. The van der Waals surface area contributed by atoms with Crippen molar-refractivity contribution < 1.29 is 0 Å². The number of nitrogens with one attached hydrogen (secondary N) is 1. The Morgan fingerprint density at radius 1 is 1.28 bits per heavy atom. The maximum atomic E-state index is 4.97. The van der Waals surface area contributed by atoms with Crippen molar-refractivity contribution in [2.24, 2.45) is 11.8 Å². The molecule has 1 aromatic heterocycles. The number of aryl methyl sites for hydroxylation is 2. The van der Waals surface area contributed by atoms with Gasteiger partial charge in [0.1, 0.15) is 5.01 Å². The van der Waals surface area contributed by atoms with Gasteiger partial charge >= 0.3 is 0 Å². The van der Waals surface area contributed by atoms with E-state index in [1.807, 2.05) is 11.3 Å². The number of hydrogen-bond acceptors (Lipinski definition) is 3. The van der Waals surface area contributed by atoms with Crippen LogP contribution in [0.15, 0.2) is 0 Å². The first-order valence-electron chi connectivity index (χ1n) is 7.32. The zero-order chi connectivity index (χ0) is 12.8. The van der Waals surface area contributed by atoms with Crippen molar-refractivity contribution in [1.82, 2.24) is 10.3 Å². The molecule has 3 heteroatoms. The Morgan fingerprint density at radius 2 is 2.00 bits per heavy atom. The van der Waals surface area contributed by atoms with Gasteiger partial charge in [-0.25, -0.2) is 4.98 Å². The summed E-state index contributed by atoms with van der Waals surface area (Å²) in [5.74, 6) is 1.68. The second-order valence-electron chi connectivity index (χ2n) is 6.34. The van der Waals surface area contributed by atoms with Crippen LogP contribution in [0.25, 0.3) is 0 Å². The molecule has 1 heterocycles. The normalized spacial score (nSPS) is 31.2. The highest BCUT2D eigenvalue weighted by Gasteiger charge is 2.47. The van der Waals surface area contributed by atoms with Gasteiger partial charge in [0.15, 0.2) is 0 Å². The van der Waals surface area contributed by atoms with Gasteiger partial charge < -0.3 is 5.32 Å². The van der Waals surface area contributed by atoms with Crippen LogP contribution in [-0.2, 0) is 18.4 Å². The molecule has 0 aromatic carbocycles. The van der Waals surface area contributed by atoms with Gasteiger partial charge in [-0.05, 0) is 57.4 Å². The summed E-state index contributed by atoms with van der Waals surface area (Å²) >= 11 is 1.98. The fourth-order valence-corrected chi connectivity index (χ4v) is 4.71. The van der Waals surface area contributed by atoms with Crippen LogP contribution in [0.1, 0.15) is 55.1 Å². The Hall–Kier alpha value is -0.410. The number of thiazole rings is 1. The van der Waals surface area contributed by atoms with Crippen LogP contribution < -0.4 is 5.32 Å². The molecule has 100 valence electrons. The zero-order valence-corrected chi connectivity index (χ0v) is 12.6. The lowest BCUT2D eigenvalue weighted by atomic mass is 9.64. The van der Waals surface area contributed by atoms with Crippen LogP contribution in [0.5, 0.6) is 0 Å². The highest BCUT2D eigenvalue weighted by molar-refractivity contribution is 7.11. The summed E-state index contributed by atoms with van der Waals surface area (Å²) in [7, 11) is 2.11. The SMILES string of the molecule is CNC1(c2nc3c(s2)CCCC3)CC(C(C)C)C1. The van der Waals surface area contributed by atoms with Gasteiger partial charge in [-0.2, -0.15) is 0 Å². The van der Waals surface area contributed by atoms with Gasteiger partial charge in [-0.3, -0.25) is 0 Å². The van der Waals surface area contributed by atoms with Crippen LogP contribution in [0.2, 0.25) is 0 Å². The van der Waals surface area contributed by atoms with Crippen molar-refractivity contribution in [3.63, 3.8) is 0 Å². The summed E-state index contributed by atoms with van der Waals surface area (Å²) in [4.78, 5) is 6.53. The molecule has 2 nitrogen and oxygen atoms in total. The van der Waals surface area contributed by atoms with Crippen molar-refractivity contribution in [3.8, 4) is 0 Å². The summed E-state index contributed by atoms with van der Waals surface area (Å²) < 4.78 is 0. The van der Waals surface area contributed by atoms with E-state index in [9.17, 15) is 0 Å². The molecule has 0 radical (unpaired) electrons. The summed E-state index contributed by atoms with van der Waals surface area (Å²) in [6, 6.07) is 0. The van der Waals surface area contributed by atoms with Crippen LogP contribution in [0.4, 0.5) is 0 Å². The molecule has 2 aliphatic rings. The van der Waals surface area contributed by atoms with Crippen molar-refractivity contribution in [2.75, 3.05) is 7.05 Å². The first-order chi connectivity index (χ1) is 8.64. The molecule has 1 saturated carbocycles. The van der Waals surface area contributed by atoms with Crippen molar-refractivity contribution in [1.29, 1.82) is 0 Å². The Labute approximate surface area is 114 Å². The van der Waals surface area contributed by atoms with Crippen molar-refractivity contribution >= 4 is 11.3 Å². The van der Waals surface area contributed by atoms with E-state index < -0.39 is 0 Å². The highest BCUT2D eigenvalue weighted by atomic mass is 32.1. The molecule has 1 aromatic rings. The van der Waals surface area contributed by atoms with E-state index in [0.29, 0.717) is 0 Å². The average Bonchev–Trinajstić information content (AvgIpc) is 2.71. The molecule has 18 heavy (non-hydrogen) atoms. The van der Waals surface area contributed by atoms with Gasteiger partial charge in [0.05, 0.1) is 11.2 Å². The van der Waals surface area contributed by atoms with Gasteiger partial charge in [0.25, 0.3) is 0 Å². The van der Waals surface area contributed by atoms with E-state index in [4.69, 9.17) is 4.98 Å². The molecule has 0 aliphatic heterocycles. The Kier molecular flexibility index (Phi) is 3.23. The monoisotopic (exact) mass is 264 g/mol. The molecule has 0 atom stereocenters. The third-order valence-corrected chi connectivity index (χ3v) is 6.26. The van der Waals surface area contributed by atoms with Crippen LogP contribution in [0, 0.1) is 11.8 Å². The second kappa shape index (κ2) is 4.61. The topological polar surface area (TPSA) is 24.9 Å². The van der Waals surface area contributed by atoms with Crippen LogP contribution in [0.3, 0.4) is 0 Å². The summed E-state index contributed by atoms with van der Waals surface area (Å²) in [5.41, 5.74) is 1.61. The van der Waals surface area contributed by atoms with Gasteiger partial charge in [-0.1, -0.05) is 13.8 Å². The standard InChI is InChI=1S/C15H24N2S/c1-10(2)11-8-15(9-11,16-3)14-17-12-6-4-5-7-13(12)18-14/h10-11,16H,4-9H2,1-3H3. The lowest BCUT2D eigenvalue weighted by molar-refractivity contribution is 0.0748. The minimum Gasteiger partial charge on any atom is -0.308 e. The molecule has 0 saturated heterocycles. The molecule has 2 aliphatic carbocycles. The molecule has 0 spiro atoms. The lowest BCUT2D eigenvalue weighted by Gasteiger charge is -2.48. The molecular weight excluding hydrogens is 240 g/mol. The van der Waals surface area contributed by atoms with E-state index in [-0.39, 0.29) is 5.54 Å². The van der Waals surface area contributed by atoms with E-state index in [1.54, 1.807) is 4.88 Å². The first kappa shape index (κ1) is 12.6. The zero-order valence-electron chi connectivity index (χ0n) is 11.8. The average molecular weight is 264 g/mol. The molecule has 0 bridgehead atoms. The fourth-order valence-electron chi connectivity index (χ4n) is 3.35.